The van der Waals surface area contributed by atoms with Gasteiger partial charge < -0.3 is 15.8 Å². The van der Waals surface area contributed by atoms with E-state index in [1.54, 1.807) is 18.2 Å². The molecule has 5 heteroatoms. The number of anilines is 2. The van der Waals surface area contributed by atoms with Crippen LogP contribution in [-0.4, -0.2) is 18.3 Å². The van der Waals surface area contributed by atoms with Crippen molar-refractivity contribution in [1.82, 2.24) is 0 Å². The Morgan fingerprint density at radius 3 is 2.73 bits per heavy atom. The van der Waals surface area contributed by atoms with E-state index in [0.29, 0.717) is 29.9 Å². The highest BCUT2D eigenvalue weighted by Gasteiger charge is 2.05. The SMILES string of the molecule is N#Cc1ccc(N(N)CCCO)c(N)c1. The van der Waals surface area contributed by atoms with Gasteiger partial charge in [0.2, 0.25) is 0 Å². The second-order valence-electron chi connectivity index (χ2n) is 3.16. The van der Waals surface area contributed by atoms with Crippen LogP contribution in [0.5, 0.6) is 0 Å². The first-order chi connectivity index (χ1) is 7.19. The maximum Gasteiger partial charge on any atom is 0.0992 e. The van der Waals surface area contributed by atoms with Gasteiger partial charge >= 0.3 is 0 Å². The summed E-state index contributed by atoms with van der Waals surface area (Å²) >= 11 is 0. The highest BCUT2D eigenvalue weighted by atomic mass is 16.3. The van der Waals surface area contributed by atoms with Crippen LogP contribution in [-0.2, 0) is 0 Å². The summed E-state index contributed by atoms with van der Waals surface area (Å²) in [6.07, 6.45) is 0.579. The van der Waals surface area contributed by atoms with Gasteiger partial charge in [-0.3, -0.25) is 0 Å². The fraction of sp³-hybridized carbons (Fsp3) is 0.300. The molecular formula is C10H14N4O. The highest BCUT2D eigenvalue weighted by molar-refractivity contribution is 5.68. The summed E-state index contributed by atoms with van der Waals surface area (Å²) < 4.78 is 0. The minimum absolute atomic E-state index is 0.0872. The van der Waals surface area contributed by atoms with E-state index < -0.39 is 0 Å². The molecule has 0 saturated carbocycles. The quantitative estimate of drug-likeness (QED) is 0.371. The highest BCUT2D eigenvalue weighted by Crippen LogP contribution is 2.21. The van der Waals surface area contributed by atoms with Crippen molar-refractivity contribution in [2.45, 2.75) is 6.42 Å². The molecule has 0 aliphatic rings. The van der Waals surface area contributed by atoms with Gasteiger partial charge in [0.25, 0.3) is 0 Å². The molecule has 0 atom stereocenters. The standard InChI is InChI=1S/C10H14N4O/c11-7-8-2-3-10(9(12)6-8)14(13)4-1-5-15/h2-3,6,15H,1,4-5,12-13H2. The van der Waals surface area contributed by atoms with Gasteiger partial charge in [0.15, 0.2) is 0 Å². The topological polar surface area (TPSA) is 99.3 Å². The molecule has 5 N–H and O–H groups in total. The Hall–Kier alpha value is -1.77. The van der Waals surface area contributed by atoms with Crippen molar-refractivity contribution in [3.8, 4) is 6.07 Å². The third kappa shape index (κ3) is 2.84. The Labute approximate surface area is 88.5 Å². The van der Waals surface area contributed by atoms with Gasteiger partial charge in [-0.15, -0.1) is 0 Å². The summed E-state index contributed by atoms with van der Waals surface area (Å²) in [4.78, 5) is 0. The summed E-state index contributed by atoms with van der Waals surface area (Å²) in [5, 5.41) is 18.8. The number of rotatable bonds is 4. The maximum atomic E-state index is 8.66. The second-order valence-corrected chi connectivity index (χ2v) is 3.16. The lowest BCUT2D eigenvalue weighted by Crippen LogP contribution is -2.32. The van der Waals surface area contributed by atoms with E-state index in [-0.39, 0.29) is 6.61 Å². The third-order valence-corrected chi connectivity index (χ3v) is 2.02. The molecule has 80 valence electrons. The van der Waals surface area contributed by atoms with Crippen molar-refractivity contribution in [1.29, 1.82) is 5.26 Å². The van der Waals surface area contributed by atoms with Gasteiger partial charge in [0.05, 0.1) is 23.0 Å². The predicted octanol–water partition coefficient (Wildman–Crippen LogP) is 0.203. The molecule has 0 unspecified atom stereocenters. The number of hydrogen-bond acceptors (Lipinski definition) is 5. The van der Waals surface area contributed by atoms with Crippen LogP contribution >= 0.6 is 0 Å². The molecule has 0 spiro atoms. The van der Waals surface area contributed by atoms with Crippen LogP contribution in [0.15, 0.2) is 18.2 Å². The number of nitrogens with zero attached hydrogens (tertiary/aromatic N) is 2. The van der Waals surface area contributed by atoms with Crippen LogP contribution in [0.1, 0.15) is 12.0 Å². The largest absolute Gasteiger partial charge is 0.397 e. The van der Waals surface area contributed by atoms with E-state index in [1.807, 2.05) is 6.07 Å². The van der Waals surface area contributed by atoms with Gasteiger partial charge in [0, 0.05) is 13.2 Å². The summed E-state index contributed by atoms with van der Waals surface area (Å²) in [6, 6.07) is 6.93. The molecule has 0 aliphatic heterocycles. The third-order valence-electron chi connectivity index (χ3n) is 2.02. The van der Waals surface area contributed by atoms with Crippen molar-refractivity contribution >= 4 is 11.4 Å². The first-order valence-electron chi connectivity index (χ1n) is 4.61. The zero-order valence-corrected chi connectivity index (χ0v) is 8.35. The number of hydrazine groups is 1. The number of hydrogen-bond donors (Lipinski definition) is 3. The smallest absolute Gasteiger partial charge is 0.0992 e. The van der Waals surface area contributed by atoms with Crippen LogP contribution in [0.3, 0.4) is 0 Å². The molecule has 0 heterocycles. The summed E-state index contributed by atoms with van der Waals surface area (Å²) in [5.41, 5.74) is 7.38. The summed E-state index contributed by atoms with van der Waals surface area (Å²) in [7, 11) is 0. The average molecular weight is 206 g/mol. The molecule has 1 aromatic carbocycles. The first kappa shape index (κ1) is 11.3. The molecule has 0 amide bonds. The van der Waals surface area contributed by atoms with Crippen molar-refractivity contribution in [3.63, 3.8) is 0 Å². The lowest BCUT2D eigenvalue weighted by atomic mass is 10.2. The molecule has 0 aliphatic carbocycles. The van der Waals surface area contributed by atoms with Crippen LogP contribution < -0.4 is 16.6 Å². The maximum absolute atomic E-state index is 8.66. The number of aliphatic hydroxyl groups excluding tert-OH is 1. The Kier molecular flexibility index (Phi) is 3.92. The molecule has 0 saturated heterocycles. The zero-order valence-electron chi connectivity index (χ0n) is 8.35. The van der Waals surface area contributed by atoms with Crippen LogP contribution in [0, 0.1) is 11.3 Å². The van der Waals surface area contributed by atoms with E-state index in [0.717, 1.165) is 0 Å². The molecular weight excluding hydrogens is 192 g/mol. The molecule has 0 aromatic heterocycles. The van der Waals surface area contributed by atoms with Gasteiger partial charge in [-0.05, 0) is 24.6 Å². The van der Waals surface area contributed by atoms with Crippen molar-refractivity contribution in [3.05, 3.63) is 23.8 Å². The molecule has 1 aromatic rings. The number of nitrogen functional groups attached to an aromatic ring is 1. The lowest BCUT2D eigenvalue weighted by Gasteiger charge is -2.19. The van der Waals surface area contributed by atoms with E-state index in [1.165, 1.54) is 5.01 Å². The number of benzene rings is 1. The molecule has 15 heavy (non-hydrogen) atoms. The predicted molar refractivity (Wildman–Crippen MR) is 58.8 cm³/mol. The lowest BCUT2D eigenvalue weighted by molar-refractivity contribution is 0.289. The molecule has 0 fully saturated rings. The fourth-order valence-electron chi connectivity index (χ4n) is 1.25. The number of nitriles is 1. The monoisotopic (exact) mass is 206 g/mol. The van der Waals surface area contributed by atoms with Crippen molar-refractivity contribution in [2.75, 3.05) is 23.9 Å². The van der Waals surface area contributed by atoms with Crippen LogP contribution in [0.2, 0.25) is 0 Å². The zero-order chi connectivity index (χ0) is 11.3. The Morgan fingerprint density at radius 2 is 2.20 bits per heavy atom. The van der Waals surface area contributed by atoms with Crippen LogP contribution in [0.25, 0.3) is 0 Å². The summed E-state index contributed by atoms with van der Waals surface area (Å²) in [6.45, 7) is 0.608. The van der Waals surface area contributed by atoms with E-state index in [4.69, 9.17) is 21.9 Å². The summed E-state index contributed by atoms with van der Waals surface area (Å²) in [5.74, 6) is 5.73. The molecule has 1 rings (SSSR count). The van der Waals surface area contributed by atoms with Crippen molar-refractivity contribution < 1.29 is 5.11 Å². The Morgan fingerprint density at radius 1 is 1.47 bits per heavy atom. The normalized spacial score (nSPS) is 9.67. The Bertz CT molecular complexity index is 372. The minimum atomic E-state index is 0.0872. The number of aliphatic hydroxyl groups is 1. The Balaban J connectivity index is 2.82. The molecule has 0 bridgehead atoms. The van der Waals surface area contributed by atoms with E-state index >= 15 is 0 Å². The van der Waals surface area contributed by atoms with Crippen molar-refractivity contribution in [2.24, 2.45) is 5.84 Å². The van der Waals surface area contributed by atoms with E-state index in [9.17, 15) is 0 Å². The van der Waals surface area contributed by atoms with Crippen LogP contribution in [0.4, 0.5) is 11.4 Å². The second kappa shape index (κ2) is 5.20. The number of nitrogens with two attached hydrogens (primary N) is 2. The molecule has 0 radical (unpaired) electrons. The molecule has 5 nitrogen and oxygen atoms in total. The minimum Gasteiger partial charge on any atom is -0.397 e. The average Bonchev–Trinajstić information content (AvgIpc) is 2.25. The fourth-order valence-corrected chi connectivity index (χ4v) is 1.25. The first-order valence-corrected chi connectivity index (χ1v) is 4.61. The van der Waals surface area contributed by atoms with Gasteiger partial charge in [0.1, 0.15) is 0 Å². The van der Waals surface area contributed by atoms with E-state index in [2.05, 4.69) is 0 Å². The van der Waals surface area contributed by atoms with Gasteiger partial charge in [-0.1, -0.05) is 0 Å². The van der Waals surface area contributed by atoms with Gasteiger partial charge in [-0.25, -0.2) is 5.84 Å². The van der Waals surface area contributed by atoms with Gasteiger partial charge in [-0.2, -0.15) is 5.26 Å².